The molecule has 0 bridgehead atoms. The number of aromatic nitrogens is 3. The van der Waals surface area contributed by atoms with Gasteiger partial charge in [0.15, 0.2) is 5.82 Å². The molecular weight excluding hydrogens is 561 g/mol. The van der Waals surface area contributed by atoms with E-state index in [4.69, 9.17) is 10.5 Å². The molecule has 2 atom stereocenters. The summed E-state index contributed by atoms with van der Waals surface area (Å²) in [7, 11) is 0. The van der Waals surface area contributed by atoms with Crippen molar-refractivity contribution in [2.24, 2.45) is 5.92 Å². The SMILES string of the molecule is CC.Cc1c(F)c(N)cc(-c2nc3c4c(nc(N5CCC(CO)C5)nc4c2F)NCCNCCC(C)O3)c1C(F)(F)F. The Kier molecular flexibility index (Phi) is 9.56. The number of alkyl halides is 3. The summed E-state index contributed by atoms with van der Waals surface area (Å²) in [6.45, 7) is 9.16. The second kappa shape index (κ2) is 12.8. The molecule has 0 spiro atoms. The van der Waals surface area contributed by atoms with E-state index in [0.29, 0.717) is 45.6 Å². The average molecular weight is 598 g/mol. The van der Waals surface area contributed by atoms with E-state index in [1.54, 1.807) is 11.8 Å². The lowest BCUT2D eigenvalue weighted by molar-refractivity contribution is -0.137. The number of hydrogen-bond donors (Lipinski definition) is 4. The van der Waals surface area contributed by atoms with Crippen molar-refractivity contribution in [2.45, 2.75) is 52.8 Å². The van der Waals surface area contributed by atoms with Crippen LogP contribution in [0.25, 0.3) is 22.2 Å². The Bertz CT molecular complexity index is 1440. The van der Waals surface area contributed by atoms with Gasteiger partial charge in [0.25, 0.3) is 0 Å². The number of nitrogen functional groups attached to an aromatic ring is 1. The monoisotopic (exact) mass is 597 g/mol. The Balaban J connectivity index is 0.00000198. The number of aliphatic hydroxyl groups excluding tert-OH is 1. The highest BCUT2D eigenvalue weighted by Gasteiger charge is 2.39. The molecule has 0 amide bonds. The third-order valence-electron chi connectivity index (χ3n) is 7.27. The summed E-state index contributed by atoms with van der Waals surface area (Å²) in [5, 5.41) is 16.1. The molecule has 42 heavy (non-hydrogen) atoms. The van der Waals surface area contributed by atoms with Crippen LogP contribution in [0.2, 0.25) is 0 Å². The number of benzene rings is 1. The topological polar surface area (TPSA) is 121 Å². The van der Waals surface area contributed by atoms with Gasteiger partial charge in [0.1, 0.15) is 28.2 Å². The number of pyridine rings is 1. The Labute approximate surface area is 240 Å². The van der Waals surface area contributed by atoms with Crippen molar-refractivity contribution in [3.05, 3.63) is 28.8 Å². The van der Waals surface area contributed by atoms with Gasteiger partial charge in [0, 0.05) is 44.3 Å². The van der Waals surface area contributed by atoms with Gasteiger partial charge in [-0.25, -0.2) is 18.7 Å². The number of nitrogens with two attached hydrogens (primary N) is 1. The largest absolute Gasteiger partial charge is 0.474 e. The maximum atomic E-state index is 16.4. The molecule has 1 aromatic carbocycles. The molecule has 1 saturated heterocycles. The highest BCUT2D eigenvalue weighted by molar-refractivity contribution is 5.97. The predicted molar refractivity (Wildman–Crippen MR) is 152 cm³/mol. The normalized spacial score (nSPS) is 19.4. The first-order chi connectivity index (χ1) is 20.0. The maximum absolute atomic E-state index is 16.4. The molecule has 0 aliphatic carbocycles. The molecule has 1 fully saturated rings. The van der Waals surface area contributed by atoms with Gasteiger partial charge < -0.3 is 31.1 Å². The summed E-state index contributed by atoms with van der Waals surface area (Å²) in [5.41, 5.74) is 1.24. The number of rotatable bonds is 3. The first-order valence-corrected chi connectivity index (χ1v) is 14.0. The number of hydrogen-bond acceptors (Lipinski definition) is 9. The van der Waals surface area contributed by atoms with E-state index in [-0.39, 0.29) is 41.1 Å². The molecule has 3 aromatic rings. The van der Waals surface area contributed by atoms with E-state index in [9.17, 15) is 22.7 Å². The number of nitrogens with zero attached hydrogens (tertiary/aromatic N) is 4. The zero-order valence-corrected chi connectivity index (χ0v) is 24.0. The number of ether oxygens (including phenoxy) is 1. The summed E-state index contributed by atoms with van der Waals surface area (Å²) >= 11 is 0. The summed E-state index contributed by atoms with van der Waals surface area (Å²) < 4.78 is 79.6. The van der Waals surface area contributed by atoms with Crippen LogP contribution in [0.5, 0.6) is 5.88 Å². The fourth-order valence-corrected chi connectivity index (χ4v) is 5.15. The molecule has 14 heteroatoms. The predicted octanol–water partition coefficient (Wildman–Crippen LogP) is 4.90. The van der Waals surface area contributed by atoms with E-state index in [2.05, 4.69) is 25.6 Å². The molecule has 230 valence electrons. The van der Waals surface area contributed by atoms with Crippen LogP contribution in [-0.2, 0) is 6.18 Å². The van der Waals surface area contributed by atoms with Gasteiger partial charge in [-0.15, -0.1) is 0 Å². The fourth-order valence-electron chi connectivity index (χ4n) is 5.15. The summed E-state index contributed by atoms with van der Waals surface area (Å²) in [6.07, 6.45) is -4.27. The minimum atomic E-state index is -5.03. The molecule has 4 heterocycles. The molecule has 2 aliphatic heterocycles. The number of nitrogens with one attached hydrogen (secondary N) is 2. The van der Waals surface area contributed by atoms with Crippen LogP contribution < -0.4 is 26.0 Å². The van der Waals surface area contributed by atoms with Crippen molar-refractivity contribution in [2.75, 3.05) is 55.3 Å². The molecule has 5 rings (SSSR count). The Morgan fingerprint density at radius 3 is 2.50 bits per heavy atom. The first-order valence-electron chi connectivity index (χ1n) is 14.0. The second-order valence-corrected chi connectivity index (χ2v) is 10.2. The van der Waals surface area contributed by atoms with E-state index in [1.165, 1.54) is 0 Å². The molecule has 0 saturated carbocycles. The van der Waals surface area contributed by atoms with Crippen molar-refractivity contribution in [1.29, 1.82) is 0 Å². The number of aliphatic hydroxyl groups is 1. The fraction of sp³-hybridized carbons (Fsp3) is 0.536. The van der Waals surface area contributed by atoms with E-state index in [1.807, 2.05) is 13.8 Å². The Hall–Kier alpha value is -3.52. The molecule has 0 radical (unpaired) electrons. The Morgan fingerprint density at radius 2 is 1.83 bits per heavy atom. The maximum Gasteiger partial charge on any atom is 0.417 e. The first kappa shape index (κ1) is 31.4. The third kappa shape index (κ3) is 6.14. The van der Waals surface area contributed by atoms with Gasteiger partial charge in [-0.05, 0) is 44.9 Å². The standard InChI is InChI=1S/C26H30F5N7O2.C2H6/c1-12-3-5-33-6-7-34-23-17-22(36-25(37-23)38-8-4-14(10-38)11-39)20(28)21(35-24(17)40-12)15-9-16(32)19(27)13(2)18(15)26(29,30)31;1-2/h9,12,14,33,39H,3-8,10-11,32H2,1-2H3,(H,34,36,37);1-2H3. The Morgan fingerprint density at radius 1 is 1.10 bits per heavy atom. The van der Waals surface area contributed by atoms with Gasteiger partial charge >= 0.3 is 6.18 Å². The zero-order chi connectivity index (χ0) is 30.8. The van der Waals surface area contributed by atoms with Crippen molar-refractivity contribution in [3.8, 4) is 17.1 Å². The summed E-state index contributed by atoms with van der Waals surface area (Å²) in [4.78, 5) is 15.1. The highest BCUT2D eigenvalue weighted by atomic mass is 19.4. The lowest BCUT2D eigenvalue weighted by Gasteiger charge is -2.22. The smallest absolute Gasteiger partial charge is 0.417 e. The number of anilines is 3. The van der Waals surface area contributed by atoms with Gasteiger partial charge in [-0.2, -0.15) is 18.2 Å². The molecule has 5 N–H and O–H groups in total. The summed E-state index contributed by atoms with van der Waals surface area (Å²) in [5.74, 6) is -2.21. The van der Waals surface area contributed by atoms with Crippen LogP contribution in [0.4, 0.5) is 39.4 Å². The van der Waals surface area contributed by atoms with Crippen molar-refractivity contribution >= 4 is 28.4 Å². The van der Waals surface area contributed by atoms with Crippen molar-refractivity contribution in [1.82, 2.24) is 20.3 Å². The second-order valence-electron chi connectivity index (χ2n) is 10.2. The molecular formula is C28H36F5N7O2. The molecule has 2 aromatic heterocycles. The third-order valence-corrected chi connectivity index (χ3v) is 7.27. The average Bonchev–Trinajstić information content (AvgIpc) is 3.43. The molecule has 2 aliphatic rings. The molecule has 9 nitrogen and oxygen atoms in total. The summed E-state index contributed by atoms with van der Waals surface area (Å²) in [6, 6.07) is 0.737. The van der Waals surface area contributed by atoms with Crippen LogP contribution in [0.15, 0.2) is 6.07 Å². The van der Waals surface area contributed by atoms with E-state index >= 15 is 4.39 Å². The molecule has 2 unspecified atom stereocenters. The van der Waals surface area contributed by atoms with Gasteiger partial charge in [0.05, 0.1) is 17.4 Å². The quantitative estimate of drug-likeness (QED) is 0.247. The lowest BCUT2D eigenvalue weighted by atomic mass is 9.96. The van der Waals surface area contributed by atoms with Crippen LogP contribution in [0.3, 0.4) is 0 Å². The van der Waals surface area contributed by atoms with Gasteiger partial charge in [-0.3, -0.25) is 0 Å². The minimum absolute atomic E-state index is 0.0221. The van der Waals surface area contributed by atoms with Crippen LogP contribution in [0.1, 0.15) is 44.7 Å². The van der Waals surface area contributed by atoms with Crippen molar-refractivity contribution < 1.29 is 31.8 Å². The van der Waals surface area contributed by atoms with Gasteiger partial charge in [0.2, 0.25) is 11.8 Å². The van der Waals surface area contributed by atoms with E-state index < -0.39 is 52.0 Å². The minimum Gasteiger partial charge on any atom is -0.474 e. The number of halogens is 5. The van der Waals surface area contributed by atoms with Crippen LogP contribution >= 0.6 is 0 Å². The van der Waals surface area contributed by atoms with Crippen LogP contribution in [-0.4, -0.2) is 65.5 Å². The van der Waals surface area contributed by atoms with Crippen molar-refractivity contribution in [3.63, 3.8) is 0 Å². The van der Waals surface area contributed by atoms with Crippen LogP contribution in [0, 0.1) is 24.5 Å². The van der Waals surface area contributed by atoms with Gasteiger partial charge in [-0.1, -0.05) is 13.8 Å². The zero-order valence-electron chi connectivity index (χ0n) is 24.0. The van der Waals surface area contributed by atoms with E-state index in [0.717, 1.165) is 13.0 Å². The highest BCUT2D eigenvalue weighted by Crippen LogP contribution is 2.45. The lowest BCUT2D eigenvalue weighted by Crippen LogP contribution is -2.26.